The van der Waals surface area contributed by atoms with Gasteiger partial charge in [0.2, 0.25) is 5.91 Å². The molecule has 190 valence electrons. The number of benzene rings is 2. The molecule has 0 unspecified atom stereocenters. The number of carbonyl (C=O) groups excluding carboxylic acids is 3. The largest absolute Gasteiger partial charge is 0.493 e. The maximum Gasteiger partial charge on any atom is 0.294 e. The Bertz CT molecular complexity index is 1190. The molecule has 0 atom stereocenters. The number of amides is 3. The Labute approximate surface area is 220 Å². The van der Waals surface area contributed by atoms with Crippen LogP contribution in [0.5, 0.6) is 11.5 Å². The van der Waals surface area contributed by atoms with Gasteiger partial charge in [-0.2, -0.15) is 0 Å². The molecule has 0 radical (unpaired) electrons. The molecule has 2 aromatic rings. The molecular formula is C27H29ClN2O5S. The maximum atomic E-state index is 13.0. The van der Waals surface area contributed by atoms with E-state index in [0.717, 1.165) is 53.5 Å². The number of rotatable bonds is 7. The molecule has 2 saturated heterocycles. The van der Waals surface area contributed by atoms with Crippen molar-refractivity contribution in [3.05, 3.63) is 63.0 Å². The number of likely N-dealkylation sites (tertiary alicyclic amines) is 1. The summed E-state index contributed by atoms with van der Waals surface area (Å²) in [6.45, 7) is 3.43. The van der Waals surface area contributed by atoms with E-state index in [1.807, 2.05) is 31.2 Å². The third-order valence-corrected chi connectivity index (χ3v) is 7.33. The van der Waals surface area contributed by atoms with Gasteiger partial charge in [-0.05, 0) is 60.9 Å². The van der Waals surface area contributed by atoms with Gasteiger partial charge in [-0.1, -0.05) is 54.3 Å². The molecule has 4 rings (SSSR count). The molecule has 7 nitrogen and oxygen atoms in total. The fourth-order valence-electron chi connectivity index (χ4n) is 4.26. The van der Waals surface area contributed by atoms with Crippen LogP contribution < -0.4 is 9.47 Å². The first-order chi connectivity index (χ1) is 17.4. The lowest BCUT2D eigenvalue weighted by molar-refractivity contribution is -0.135. The van der Waals surface area contributed by atoms with Gasteiger partial charge in [-0.3, -0.25) is 19.3 Å². The van der Waals surface area contributed by atoms with Crippen LogP contribution in [-0.4, -0.2) is 53.6 Å². The summed E-state index contributed by atoms with van der Waals surface area (Å²) >= 11 is 7.32. The van der Waals surface area contributed by atoms with Crippen LogP contribution in [0.3, 0.4) is 0 Å². The van der Waals surface area contributed by atoms with Crippen LogP contribution in [0, 0.1) is 6.92 Å². The summed E-state index contributed by atoms with van der Waals surface area (Å²) in [6, 6.07) is 11.3. The Morgan fingerprint density at radius 2 is 1.86 bits per heavy atom. The molecule has 0 spiro atoms. The monoisotopic (exact) mass is 528 g/mol. The fraction of sp³-hybridized carbons (Fsp3) is 0.370. The van der Waals surface area contributed by atoms with Crippen molar-refractivity contribution in [2.45, 2.75) is 39.2 Å². The highest BCUT2D eigenvalue weighted by Gasteiger charge is 2.37. The van der Waals surface area contributed by atoms with Crippen molar-refractivity contribution in [2.24, 2.45) is 0 Å². The van der Waals surface area contributed by atoms with E-state index in [1.165, 1.54) is 7.11 Å². The first kappa shape index (κ1) is 26.1. The summed E-state index contributed by atoms with van der Waals surface area (Å²) in [5.74, 6) is 0.134. The van der Waals surface area contributed by atoms with E-state index in [9.17, 15) is 14.4 Å². The molecule has 0 bridgehead atoms. The Balaban J connectivity index is 1.47. The van der Waals surface area contributed by atoms with Crippen LogP contribution in [0.2, 0.25) is 5.02 Å². The van der Waals surface area contributed by atoms with Gasteiger partial charge in [-0.15, -0.1) is 0 Å². The summed E-state index contributed by atoms with van der Waals surface area (Å²) in [5.41, 5.74) is 2.72. The van der Waals surface area contributed by atoms with Crippen molar-refractivity contribution >= 4 is 46.5 Å². The van der Waals surface area contributed by atoms with E-state index in [4.69, 9.17) is 21.1 Å². The Hall–Kier alpha value is -2.97. The summed E-state index contributed by atoms with van der Waals surface area (Å²) in [5, 5.41) is -0.130. The minimum absolute atomic E-state index is 0.194. The van der Waals surface area contributed by atoms with Crippen molar-refractivity contribution in [1.29, 1.82) is 0 Å². The number of nitrogens with zero attached hydrogens (tertiary/aromatic N) is 2. The number of halogens is 1. The minimum atomic E-state index is -0.483. The molecule has 2 aliphatic heterocycles. The summed E-state index contributed by atoms with van der Waals surface area (Å²) in [6.07, 6.45) is 5.66. The van der Waals surface area contributed by atoms with Gasteiger partial charge >= 0.3 is 0 Å². The van der Waals surface area contributed by atoms with Crippen molar-refractivity contribution in [1.82, 2.24) is 9.80 Å². The van der Waals surface area contributed by atoms with Gasteiger partial charge in [0.1, 0.15) is 13.2 Å². The molecule has 9 heteroatoms. The standard InChI is InChI=1S/C27H29ClN2O5S/c1-18-8-7-9-19(12-18)17-35-25-21(28)13-20(14-22(25)34-2)15-23-26(32)30(27(33)36-23)16-24(31)29-10-5-3-4-6-11-29/h7-9,12-15H,3-6,10-11,16-17H2,1-2H3. The van der Waals surface area contributed by atoms with Crippen LogP contribution in [-0.2, 0) is 16.2 Å². The van der Waals surface area contributed by atoms with Crippen LogP contribution in [0.1, 0.15) is 42.4 Å². The molecule has 2 heterocycles. The summed E-state index contributed by atoms with van der Waals surface area (Å²) in [7, 11) is 1.51. The summed E-state index contributed by atoms with van der Waals surface area (Å²) in [4.78, 5) is 41.2. The Morgan fingerprint density at radius 3 is 2.56 bits per heavy atom. The molecule has 2 aliphatic rings. The van der Waals surface area contributed by atoms with Crippen molar-refractivity contribution in [3.8, 4) is 11.5 Å². The second kappa shape index (κ2) is 11.8. The SMILES string of the molecule is COc1cc(C=C2SC(=O)N(CC(=O)N3CCCCCC3)C2=O)cc(Cl)c1OCc1cccc(C)c1. The molecule has 0 aromatic heterocycles. The van der Waals surface area contributed by atoms with Crippen molar-refractivity contribution in [2.75, 3.05) is 26.7 Å². The number of methoxy groups -OCH3 is 1. The highest BCUT2D eigenvalue weighted by molar-refractivity contribution is 8.18. The number of hydrogen-bond acceptors (Lipinski definition) is 6. The third kappa shape index (κ3) is 6.23. The molecular weight excluding hydrogens is 500 g/mol. The molecule has 0 saturated carbocycles. The van der Waals surface area contributed by atoms with Gasteiger partial charge in [0.25, 0.3) is 11.1 Å². The number of thioether (sulfide) groups is 1. The molecule has 0 aliphatic carbocycles. The number of carbonyl (C=O) groups is 3. The lowest BCUT2D eigenvalue weighted by Crippen LogP contribution is -2.42. The number of hydrogen-bond donors (Lipinski definition) is 0. The zero-order valence-corrected chi connectivity index (χ0v) is 22.0. The predicted molar refractivity (Wildman–Crippen MR) is 141 cm³/mol. The van der Waals surface area contributed by atoms with E-state index in [-0.39, 0.29) is 17.4 Å². The van der Waals surface area contributed by atoms with Crippen LogP contribution in [0.15, 0.2) is 41.3 Å². The van der Waals surface area contributed by atoms with Crippen molar-refractivity contribution < 1.29 is 23.9 Å². The Kier molecular flexibility index (Phi) is 8.59. The van der Waals surface area contributed by atoms with Gasteiger partial charge in [0.05, 0.1) is 17.0 Å². The molecule has 2 fully saturated rings. The van der Waals surface area contributed by atoms with Gasteiger partial charge in [-0.25, -0.2) is 0 Å². The van der Waals surface area contributed by atoms with Crippen LogP contribution in [0.4, 0.5) is 4.79 Å². The molecule has 36 heavy (non-hydrogen) atoms. The average Bonchev–Trinajstić information content (AvgIpc) is 3.04. The van der Waals surface area contributed by atoms with Gasteiger partial charge in [0, 0.05) is 13.1 Å². The van der Waals surface area contributed by atoms with E-state index in [1.54, 1.807) is 23.1 Å². The molecule has 2 aromatic carbocycles. The first-order valence-electron chi connectivity index (χ1n) is 11.9. The quantitative estimate of drug-likeness (QED) is 0.431. The van der Waals surface area contributed by atoms with E-state index in [0.29, 0.717) is 41.8 Å². The van der Waals surface area contributed by atoms with E-state index in [2.05, 4.69) is 0 Å². The average molecular weight is 529 g/mol. The number of imide groups is 1. The zero-order valence-electron chi connectivity index (χ0n) is 20.4. The predicted octanol–water partition coefficient (Wildman–Crippen LogP) is 5.67. The highest BCUT2D eigenvalue weighted by Crippen LogP contribution is 2.39. The minimum Gasteiger partial charge on any atom is -0.493 e. The second-order valence-electron chi connectivity index (χ2n) is 8.87. The van der Waals surface area contributed by atoms with Crippen molar-refractivity contribution in [3.63, 3.8) is 0 Å². The zero-order chi connectivity index (χ0) is 25.7. The maximum absolute atomic E-state index is 13.0. The van der Waals surface area contributed by atoms with Crippen LogP contribution >= 0.6 is 23.4 Å². The number of aryl methyl sites for hydroxylation is 1. The summed E-state index contributed by atoms with van der Waals surface area (Å²) < 4.78 is 11.4. The van der Waals surface area contributed by atoms with E-state index < -0.39 is 11.1 Å². The number of ether oxygens (including phenoxy) is 2. The van der Waals surface area contributed by atoms with Crippen LogP contribution in [0.25, 0.3) is 6.08 Å². The second-order valence-corrected chi connectivity index (χ2v) is 10.3. The van der Waals surface area contributed by atoms with E-state index >= 15 is 0 Å². The first-order valence-corrected chi connectivity index (χ1v) is 13.1. The molecule has 3 amide bonds. The fourth-order valence-corrected chi connectivity index (χ4v) is 5.38. The lowest BCUT2D eigenvalue weighted by atomic mass is 10.1. The lowest BCUT2D eigenvalue weighted by Gasteiger charge is -2.22. The topological polar surface area (TPSA) is 76.2 Å². The highest BCUT2D eigenvalue weighted by atomic mass is 35.5. The van der Waals surface area contributed by atoms with Gasteiger partial charge < -0.3 is 14.4 Å². The smallest absolute Gasteiger partial charge is 0.294 e. The Morgan fingerprint density at radius 1 is 1.11 bits per heavy atom. The van der Waals surface area contributed by atoms with Gasteiger partial charge in [0.15, 0.2) is 11.5 Å². The third-order valence-electron chi connectivity index (χ3n) is 6.14. The molecule has 0 N–H and O–H groups in total. The normalized spacial score (nSPS) is 17.5.